The SMILES string of the molecule is Cc1nc(CC(C)C)sc1C(=O)N(C)C(C)c1ccccc1F. The largest absolute Gasteiger partial charge is 0.334 e. The van der Waals surface area contributed by atoms with Crippen molar-refractivity contribution < 1.29 is 9.18 Å². The first-order valence-corrected chi connectivity index (χ1v) is 8.60. The predicted octanol–water partition coefficient (Wildman–Crippen LogP) is 4.62. The minimum atomic E-state index is -0.334. The fraction of sp³-hybridized carbons (Fsp3) is 0.444. The predicted molar refractivity (Wildman–Crippen MR) is 92.3 cm³/mol. The van der Waals surface area contributed by atoms with Crippen LogP contribution in [-0.4, -0.2) is 22.8 Å². The Kier molecular flexibility index (Phi) is 5.52. The Balaban J connectivity index is 2.23. The second-order valence-corrected chi connectivity index (χ2v) is 7.32. The topological polar surface area (TPSA) is 33.2 Å². The molecule has 1 aromatic heterocycles. The van der Waals surface area contributed by atoms with Crippen LogP contribution in [-0.2, 0) is 6.42 Å². The number of amides is 1. The van der Waals surface area contributed by atoms with Crippen LogP contribution in [0.15, 0.2) is 24.3 Å². The summed E-state index contributed by atoms with van der Waals surface area (Å²) in [5, 5.41) is 0.979. The summed E-state index contributed by atoms with van der Waals surface area (Å²) in [4.78, 5) is 19.5. The summed E-state index contributed by atoms with van der Waals surface area (Å²) in [6, 6.07) is 6.24. The lowest BCUT2D eigenvalue weighted by molar-refractivity contribution is 0.0744. The zero-order valence-corrected chi connectivity index (χ0v) is 15.1. The van der Waals surface area contributed by atoms with Crippen LogP contribution >= 0.6 is 11.3 Å². The third-order valence-electron chi connectivity index (χ3n) is 3.87. The van der Waals surface area contributed by atoms with E-state index in [4.69, 9.17) is 0 Å². The molecule has 0 bridgehead atoms. The van der Waals surface area contributed by atoms with Crippen molar-refractivity contribution in [2.75, 3.05) is 7.05 Å². The number of carbonyl (C=O) groups is 1. The summed E-state index contributed by atoms with van der Waals surface area (Å²) in [5.74, 6) is 0.102. The molecule has 1 aromatic carbocycles. The Morgan fingerprint density at radius 2 is 1.96 bits per heavy atom. The molecule has 3 nitrogen and oxygen atoms in total. The molecule has 0 aliphatic heterocycles. The molecule has 0 aliphatic carbocycles. The molecule has 23 heavy (non-hydrogen) atoms. The van der Waals surface area contributed by atoms with Crippen molar-refractivity contribution in [3.05, 3.63) is 51.2 Å². The maximum Gasteiger partial charge on any atom is 0.266 e. The maximum atomic E-state index is 13.9. The minimum absolute atomic E-state index is 0.106. The average molecular weight is 334 g/mol. The van der Waals surface area contributed by atoms with Crippen LogP contribution in [0.4, 0.5) is 4.39 Å². The van der Waals surface area contributed by atoms with E-state index < -0.39 is 0 Å². The molecule has 5 heteroatoms. The summed E-state index contributed by atoms with van der Waals surface area (Å²) in [7, 11) is 1.71. The number of nitrogens with zero attached hydrogens (tertiary/aromatic N) is 2. The lowest BCUT2D eigenvalue weighted by Gasteiger charge is -2.25. The number of benzene rings is 1. The molecule has 1 amide bonds. The molecule has 1 heterocycles. The van der Waals surface area contributed by atoms with Gasteiger partial charge in [0.25, 0.3) is 5.91 Å². The first kappa shape index (κ1) is 17.6. The fourth-order valence-corrected chi connectivity index (χ4v) is 3.71. The van der Waals surface area contributed by atoms with Crippen LogP contribution in [0, 0.1) is 18.7 Å². The van der Waals surface area contributed by atoms with Gasteiger partial charge in [-0.2, -0.15) is 0 Å². The number of aromatic nitrogens is 1. The minimum Gasteiger partial charge on any atom is -0.334 e. The van der Waals surface area contributed by atoms with Gasteiger partial charge in [-0.3, -0.25) is 4.79 Å². The first-order valence-electron chi connectivity index (χ1n) is 7.79. The van der Waals surface area contributed by atoms with E-state index in [-0.39, 0.29) is 17.8 Å². The molecule has 1 atom stereocenters. The number of thiazole rings is 1. The molecule has 0 fully saturated rings. The van der Waals surface area contributed by atoms with E-state index in [9.17, 15) is 9.18 Å². The molecule has 0 radical (unpaired) electrons. The van der Waals surface area contributed by atoms with Gasteiger partial charge in [-0.1, -0.05) is 32.0 Å². The summed E-state index contributed by atoms with van der Waals surface area (Å²) in [6.45, 7) is 7.95. The summed E-state index contributed by atoms with van der Waals surface area (Å²) in [6.07, 6.45) is 0.866. The Morgan fingerprint density at radius 3 is 2.57 bits per heavy atom. The normalized spacial score (nSPS) is 12.5. The summed E-state index contributed by atoms with van der Waals surface area (Å²) < 4.78 is 13.9. The number of hydrogen-bond acceptors (Lipinski definition) is 3. The van der Waals surface area contributed by atoms with E-state index in [1.807, 2.05) is 13.8 Å². The van der Waals surface area contributed by atoms with Crippen LogP contribution in [0.1, 0.15) is 52.7 Å². The van der Waals surface area contributed by atoms with Gasteiger partial charge < -0.3 is 4.90 Å². The van der Waals surface area contributed by atoms with E-state index in [0.29, 0.717) is 16.4 Å². The Hall–Kier alpha value is -1.75. The standard InChI is InChI=1S/C18H23FN2OS/c1-11(2)10-16-20-12(3)17(23-16)18(22)21(5)13(4)14-8-6-7-9-15(14)19/h6-9,11,13H,10H2,1-5H3. The highest BCUT2D eigenvalue weighted by Crippen LogP contribution is 2.27. The zero-order valence-electron chi connectivity index (χ0n) is 14.3. The zero-order chi connectivity index (χ0) is 17.1. The van der Waals surface area contributed by atoms with Crippen LogP contribution in [0.2, 0.25) is 0 Å². The van der Waals surface area contributed by atoms with Gasteiger partial charge in [-0.25, -0.2) is 9.37 Å². The van der Waals surface area contributed by atoms with Gasteiger partial charge in [0.05, 0.1) is 16.7 Å². The molecule has 124 valence electrons. The summed E-state index contributed by atoms with van der Waals surface area (Å²) in [5.41, 5.74) is 1.27. The van der Waals surface area contributed by atoms with Crippen LogP contribution < -0.4 is 0 Å². The summed E-state index contributed by atoms with van der Waals surface area (Å²) >= 11 is 1.44. The number of hydrogen-bond donors (Lipinski definition) is 0. The average Bonchev–Trinajstić information content (AvgIpc) is 2.85. The molecule has 0 N–H and O–H groups in total. The quantitative estimate of drug-likeness (QED) is 0.799. The van der Waals surface area contributed by atoms with Gasteiger partial charge in [0.15, 0.2) is 0 Å². The maximum absolute atomic E-state index is 13.9. The van der Waals surface area contributed by atoms with Crippen LogP contribution in [0.3, 0.4) is 0 Å². The number of halogens is 1. The van der Waals surface area contributed by atoms with E-state index >= 15 is 0 Å². The lowest BCUT2D eigenvalue weighted by Crippen LogP contribution is -2.30. The van der Waals surface area contributed by atoms with Gasteiger partial charge >= 0.3 is 0 Å². The van der Waals surface area contributed by atoms with Crippen molar-refractivity contribution in [2.24, 2.45) is 5.92 Å². The fourth-order valence-electron chi connectivity index (χ4n) is 2.45. The smallest absolute Gasteiger partial charge is 0.266 e. The molecule has 1 unspecified atom stereocenters. The highest BCUT2D eigenvalue weighted by Gasteiger charge is 2.24. The Labute approximate surface area is 141 Å². The van der Waals surface area contributed by atoms with Crippen molar-refractivity contribution in [2.45, 2.75) is 40.2 Å². The van der Waals surface area contributed by atoms with Crippen LogP contribution in [0.5, 0.6) is 0 Å². The van der Waals surface area contributed by atoms with Gasteiger partial charge in [-0.05, 0) is 25.8 Å². The van der Waals surface area contributed by atoms with Gasteiger partial charge in [-0.15, -0.1) is 11.3 Å². The highest BCUT2D eigenvalue weighted by molar-refractivity contribution is 7.13. The van der Waals surface area contributed by atoms with E-state index in [1.54, 1.807) is 30.1 Å². The highest BCUT2D eigenvalue weighted by atomic mass is 32.1. The number of carbonyl (C=O) groups excluding carboxylic acids is 1. The molecule has 2 aromatic rings. The molecule has 0 aliphatic rings. The third-order valence-corrected chi connectivity index (χ3v) is 5.04. The Morgan fingerprint density at radius 1 is 1.30 bits per heavy atom. The van der Waals surface area contributed by atoms with Gasteiger partial charge in [0.1, 0.15) is 10.7 Å². The van der Waals surface area contributed by atoms with Crippen molar-refractivity contribution in [3.8, 4) is 0 Å². The van der Waals surface area contributed by atoms with E-state index in [0.717, 1.165) is 17.1 Å². The Bertz CT molecular complexity index is 696. The first-order chi connectivity index (χ1) is 10.8. The molecule has 0 saturated carbocycles. The molecular weight excluding hydrogens is 311 g/mol. The van der Waals surface area contributed by atoms with Crippen molar-refractivity contribution in [1.82, 2.24) is 9.88 Å². The molecule has 2 rings (SSSR count). The van der Waals surface area contributed by atoms with Crippen molar-refractivity contribution >= 4 is 17.2 Å². The van der Waals surface area contributed by atoms with Crippen molar-refractivity contribution in [3.63, 3.8) is 0 Å². The molecule has 0 saturated heterocycles. The lowest BCUT2D eigenvalue weighted by atomic mass is 10.1. The second-order valence-electron chi connectivity index (χ2n) is 6.23. The van der Waals surface area contributed by atoms with Gasteiger partial charge in [0, 0.05) is 19.0 Å². The molecule has 0 spiro atoms. The van der Waals surface area contributed by atoms with Gasteiger partial charge in [0.2, 0.25) is 0 Å². The number of rotatable bonds is 5. The van der Waals surface area contributed by atoms with Crippen LogP contribution in [0.25, 0.3) is 0 Å². The third kappa shape index (κ3) is 3.96. The number of aryl methyl sites for hydroxylation is 1. The monoisotopic (exact) mass is 334 g/mol. The van der Waals surface area contributed by atoms with Crippen molar-refractivity contribution in [1.29, 1.82) is 0 Å². The van der Waals surface area contributed by atoms with E-state index in [2.05, 4.69) is 18.8 Å². The van der Waals surface area contributed by atoms with E-state index in [1.165, 1.54) is 17.4 Å². The molecular formula is C18H23FN2OS. The second kappa shape index (κ2) is 7.21.